The SMILES string of the molecule is C1=NCCS1. The quantitative estimate of drug-likeness (QED) is 0.425. The average Bonchev–Trinajstić information content (AvgIpc) is 1.76. The van der Waals surface area contributed by atoms with E-state index in [2.05, 4.69) is 4.99 Å². The molecule has 1 rings (SSSR count). The Morgan fingerprint density at radius 3 is 3.00 bits per heavy atom. The molecule has 0 saturated heterocycles. The van der Waals surface area contributed by atoms with Crippen molar-refractivity contribution in [2.45, 2.75) is 0 Å². The average molecular weight is 87.1 g/mol. The molecule has 0 aromatic heterocycles. The van der Waals surface area contributed by atoms with E-state index in [0.717, 1.165) is 6.54 Å². The summed E-state index contributed by atoms with van der Waals surface area (Å²) in [5.74, 6) is 1.19. The molecule has 1 aliphatic heterocycles. The number of hydrogen-bond acceptors (Lipinski definition) is 2. The molecule has 0 bridgehead atoms. The van der Waals surface area contributed by atoms with Crippen LogP contribution in [-0.2, 0) is 0 Å². The molecule has 0 unspecified atom stereocenters. The zero-order chi connectivity index (χ0) is 3.54. The number of hydrogen-bond donors (Lipinski definition) is 0. The highest BCUT2D eigenvalue weighted by Crippen LogP contribution is 1.99. The molecule has 0 aromatic carbocycles. The Morgan fingerprint density at radius 1 is 1.80 bits per heavy atom. The van der Waals surface area contributed by atoms with Crippen LogP contribution in [0.4, 0.5) is 0 Å². The van der Waals surface area contributed by atoms with E-state index in [0.29, 0.717) is 0 Å². The summed E-state index contributed by atoms with van der Waals surface area (Å²) in [5, 5.41) is 0. The maximum Gasteiger partial charge on any atom is 0.0542 e. The van der Waals surface area contributed by atoms with Crippen molar-refractivity contribution in [3.05, 3.63) is 0 Å². The topological polar surface area (TPSA) is 12.4 Å². The standard InChI is InChI=1S/C3H5NS/c1-2-5-3-4-1/h3H,1-2H2. The zero-order valence-corrected chi connectivity index (χ0v) is 3.66. The van der Waals surface area contributed by atoms with Gasteiger partial charge in [-0.2, -0.15) is 0 Å². The van der Waals surface area contributed by atoms with Crippen LogP contribution in [-0.4, -0.2) is 17.8 Å². The molecular weight excluding hydrogens is 82.1 g/mol. The second kappa shape index (κ2) is 1.45. The molecule has 5 heavy (non-hydrogen) atoms. The van der Waals surface area contributed by atoms with E-state index in [1.165, 1.54) is 5.75 Å². The van der Waals surface area contributed by atoms with E-state index in [1.807, 2.05) is 5.55 Å². The van der Waals surface area contributed by atoms with Crippen LogP contribution in [0.5, 0.6) is 0 Å². The van der Waals surface area contributed by atoms with Crippen LogP contribution in [0.3, 0.4) is 0 Å². The summed E-state index contributed by atoms with van der Waals surface area (Å²) < 4.78 is 0. The van der Waals surface area contributed by atoms with E-state index in [1.54, 1.807) is 11.8 Å². The van der Waals surface area contributed by atoms with E-state index in [-0.39, 0.29) is 0 Å². The lowest BCUT2D eigenvalue weighted by molar-refractivity contribution is 1.18. The minimum Gasteiger partial charge on any atom is -0.285 e. The van der Waals surface area contributed by atoms with Gasteiger partial charge in [-0.15, -0.1) is 11.8 Å². The van der Waals surface area contributed by atoms with Crippen LogP contribution in [0.15, 0.2) is 4.99 Å². The zero-order valence-electron chi connectivity index (χ0n) is 2.85. The second-order valence-electron chi connectivity index (χ2n) is 0.882. The fourth-order valence-electron chi connectivity index (χ4n) is 0.264. The smallest absolute Gasteiger partial charge is 0.0542 e. The molecule has 0 amide bonds. The molecule has 2 heteroatoms. The Hall–Kier alpha value is 0.0200. The van der Waals surface area contributed by atoms with Crippen molar-refractivity contribution in [1.29, 1.82) is 0 Å². The fraction of sp³-hybridized carbons (Fsp3) is 0.667. The van der Waals surface area contributed by atoms with Crippen molar-refractivity contribution in [2.75, 3.05) is 12.3 Å². The lowest BCUT2D eigenvalue weighted by atomic mass is 10.8. The van der Waals surface area contributed by atoms with Crippen LogP contribution in [0.25, 0.3) is 0 Å². The first-order valence-corrected chi connectivity index (χ1v) is 2.65. The maximum absolute atomic E-state index is 3.92. The van der Waals surface area contributed by atoms with Crippen molar-refractivity contribution < 1.29 is 0 Å². The Kier molecular flexibility index (Phi) is 0.937. The predicted molar refractivity (Wildman–Crippen MR) is 25.8 cm³/mol. The normalized spacial score (nSPS) is 20.8. The molecule has 0 N–H and O–H groups in total. The number of nitrogens with zero attached hydrogens (tertiary/aromatic N) is 1. The molecule has 1 heterocycles. The summed E-state index contributed by atoms with van der Waals surface area (Å²) in [6.07, 6.45) is 0. The van der Waals surface area contributed by atoms with Crippen molar-refractivity contribution in [1.82, 2.24) is 0 Å². The van der Waals surface area contributed by atoms with Gasteiger partial charge in [0.05, 0.1) is 5.55 Å². The third-order valence-electron chi connectivity index (χ3n) is 0.487. The summed E-state index contributed by atoms with van der Waals surface area (Å²) in [7, 11) is 0. The first kappa shape index (κ1) is 3.22. The van der Waals surface area contributed by atoms with Gasteiger partial charge in [0, 0.05) is 12.3 Å². The van der Waals surface area contributed by atoms with Gasteiger partial charge in [-0.25, -0.2) is 0 Å². The van der Waals surface area contributed by atoms with Gasteiger partial charge >= 0.3 is 0 Å². The third kappa shape index (κ3) is 0.651. The summed E-state index contributed by atoms with van der Waals surface area (Å²) in [6.45, 7) is 1.03. The predicted octanol–water partition coefficient (Wildman–Crippen LogP) is 0.762. The highest BCUT2D eigenvalue weighted by atomic mass is 32.2. The molecule has 0 aromatic rings. The van der Waals surface area contributed by atoms with Crippen LogP contribution in [0.2, 0.25) is 0 Å². The van der Waals surface area contributed by atoms with Crippen LogP contribution in [0, 0.1) is 0 Å². The van der Waals surface area contributed by atoms with Crippen LogP contribution < -0.4 is 0 Å². The first-order valence-electron chi connectivity index (χ1n) is 1.60. The van der Waals surface area contributed by atoms with Gasteiger partial charge in [-0.3, -0.25) is 4.99 Å². The Labute approximate surface area is 35.5 Å². The molecule has 0 spiro atoms. The van der Waals surface area contributed by atoms with E-state index in [9.17, 15) is 0 Å². The minimum atomic E-state index is 1.03. The van der Waals surface area contributed by atoms with Gasteiger partial charge in [0.15, 0.2) is 0 Å². The van der Waals surface area contributed by atoms with Gasteiger partial charge in [-0.05, 0) is 0 Å². The maximum atomic E-state index is 3.92. The monoisotopic (exact) mass is 87.0 g/mol. The summed E-state index contributed by atoms with van der Waals surface area (Å²) >= 11 is 1.78. The van der Waals surface area contributed by atoms with Crippen molar-refractivity contribution >= 4 is 17.3 Å². The minimum absolute atomic E-state index is 1.03. The molecule has 28 valence electrons. The van der Waals surface area contributed by atoms with Crippen molar-refractivity contribution in [3.8, 4) is 0 Å². The number of thioether (sulfide) groups is 1. The number of rotatable bonds is 0. The summed E-state index contributed by atoms with van der Waals surface area (Å²) in [4.78, 5) is 3.92. The first-order chi connectivity index (χ1) is 2.50. The molecule has 0 radical (unpaired) electrons. The summed E-state index contributed by atoms with van der Waals surface area (Å²) in [6, 6.07) is 0. The van der Waals surface area contributed by atoms with E-state index >= 15 is 0 Å². The molecule has 0 aliphatic carbocycles. The fourth-order valence-corrected chi connectivity index (χ4v) is 0.791. The van der Waals surface area contributed by atoms with Crippen molar-refractivity contribution in [3.63, 3.8) is 0 Å². The Balaban J connectivity index is 2.32. The van der Waals surface area contributed by atoms with E-state index < -0.39 is 0 Å². The highest BCUT2D eigenvalue weighted by molar-refractivity contribution is 8.12. The summed E-state index contributed by atoms with van der Waals surface area (Å²) in [5.41, 5.74) is 1.90. The molecule has 0 atom stereocenters. The van der Waals surface area contributed by atoms with Gasteiger partial charge in [0.1, 0.15) is 0 Å². The van der Waals surface area contributed by atoms with Crippen LogP contribution in [0.1, 0.15) is 0 Å². The Morgan fingerprint density at radius 2 is 2.80 bits per heavy atom. The second-order valence-corrected chi connectivity index (χ2v) is 1.83. The van der Waals surface area contributed by atoms with Crippen LogP contribution >= 0.6 is 11.8 Å². The lowest BCUT2D eigenvalue weighted by Crippen LogP contribution is -1.69. The van der Waals surface area contributed by atoms with Gasteiger partial charge in [0.25, 0.3) is 0 Å². The molecule has 0 fully saturated rings. The van der Waals surface area contributed by atoms with Gasteiger partial charge in [0.2, 0.25) is 0 Å². The number of aliphatic imine (C=N–C) groups is 1. The lowest BCUT2D eigenvalue weighted by Gasteiger charge is -1.67. The van der Waals surface area contributed by atoms with Gasteiger partial charge in [-0.1, -0.05) is 0 Å². The molecule has 0 saturated carbocycles. The molecular formula is C3H5NS. The molecule has 1 aliphatic rings. The highest BCUT2D eigenvalue weighted by Gasteiger charge is 1.86. The van der Waals surface area contributed by atoms with E-state index in [4.69, 9.17) is 0 Å². The largest absolute Gasteiger partial charge is 0.285 e. The van der Waals surface area contributed by atoms with Crippen molar-refractivity contribution in [2.24, 2.45) is 4.99 Å². The third-order valence-corrected chi connectivity index (χ3v) is 1.20. The Bertz CT molecular complexity index is 44.9. The molecule has 1 nitrogen and oxygen atoms in total. The van der Waals surface area contributed by atoms with Gasteiger partial charge < -0.3 is 0 Å².